The minimum atomic E-state index is -0.168. The van der Waals surface area contributed by atoms with Crippen molar-refractivity contribution in [1.82, 2.24) is 10.3 Å². The van der Waals surface area contributed by atoms with E-state index in [4.69, 9.17) is 16.3 Å². The molecule has 0 saturated heterocycles. The first-order valence-corrected chi connectivity index (χ1v) is 6.18. The molecule has 0 spiro atoms. The first-order chi connectivity index (χ1) is 8.63. The van der Waals surface area contributed by atoms with Crippen LogP contribution in [0.25, 0.3) is 0 Å². The van der Waals surface area contributed by atoms with Gasteiger partial charge in [-0.1, -0.05) is 11.6 Å². The van der Waals surface area contributed by atoms with Gasteiger partial charge in [0.25, 0.3) is 5.91 Å². The quantitative estimate of drug-likeness (QED) is 0.873. The summed E-state index contributed by atoms with van der Waals surface area (Å²) in [5.41, 5.74) is 0.442. The smallest absolute Gasteiger partial charge is 0.253 e. The summed E-state index contributed by atoms with van der Waals surface area (Å²) < 4.78 is 5.17. The highest BCUT2D eigenvalue weighted by Gasteiger charge is 2.30. The monoisotopic (exact) mass is 269 g/mol. The second-order valence-electron chi connectivity index (χ2n) is 4.30. The number of nitrogens with one attached hydrogen (secondary N) is 2. The molecule has 2 rings (SSSR count). The summed E-state index contributed by atoms with van der Waals surface area (Å²) in [6.07, 6.45) is 3.44. The lowest BCUT2D eigenvalue weighted by molar-refractivity contribution is 0.0176. The molecule has 1 heterocycles. The Balaban J connectivity index is 2.00. The molecule has 1 aromatic heterocycles. The highest BCUT2D eigenvalue weighted by Crippen LogP contribution is 2.24. The maximum atomic E-state index is 12.0. The van der Waals surface area contributed by atoms with Gasteiger partial charge >= 0.3 is 0 Å². The van der Waals surface area contributed by atoms with Crippen molar-refractivity contribution in [2.75, 3.05) is 19.5 Å². The Hall–Kier alpha value is -1.33. The molecule has 18 heavy (non-hydrogen) atoms. The van der Waals surface area contributed by atoms with Crippen LogP contribution in [-0.2, 0) is 4.74 Å². The standard InChI is InChI=1S/C12H16ClN3O2/c1-14-11-5-9(10(13)6-15-11)12(17)16-7-3-8(4-7)18-2/h5-8H,3-4H2,1-2H3,(H,14,15)(H,16,17). The first-order valence-electron chi connectivity index (χ1n) is 5.81. The van der Waals surface area contributed by atoms with Crippen LogP contribution in [0.1, 0.15) is 23.2 Å². The third kappa shape index (κ3) is 2.73. The fraction of sp³-hybridized carbons (Fsp3) is 0.500. The first kappa shape index (κ1) is 13.1. The van der Waals surface area contributed by atoms with Crippen LogP contribution in [0.15, 0.2) is 12.3 Å². The summed E-state index contributed by atoms with van der Waals surface area (Å²) in [6.45, 7) is 0. The average Bonchev–Trinajstić information content (AvgIpc) is 2.33. The number of pyridine rings is 1. The topological polar surface area (TPSA) is 63.2 Å². The van der Waals surface area contributed by atoms with Gasteiger partial charge < -0.3 is 15.4 Å². The third-order valence-corrected chi connectivity index (χ3v) is 3.42. The molecule has 1 aliphatic rings. The second kappa shape index (κ2) is 5.54. The number of anilines is 1. The summed E-state index contributed by atoms with van der Waals surface area (Å²) in [5.74, 6) is 0.450. The van der Waals surface area contributed by atoms with E-state index in [1.807, 2.05) is 0 Å². The lowest BCUT2D eigenvalue weighted by Crippen LogP contribution is -2.47. The number of hydrogen-bond acceptors (Lipinski definition) is 4. The molecule has 0 radical (unpaired) electrons. The fourth-order valence-electron chi connectivity index (χ4n) is 1.89. The van der Waals surface area contributed by atoms with Crippen LogP contribution >= 0.6 is 11.6 Å². The van der Waals surface area contributed by atoms with E-state index in [1.54, 1.807) is 20.2 Å². The van der Waals surface area contributed by atoms with Crippen LogP contribution in [0.5, 0.6) is 0 Å². The van der Waals surface area contributed by atoms with Gasteiger partial charge in [0.05, 0.1) is 16.7 Å². The number of ether oxygens (including phenoxy) is 1. The zero-order valence-electron chi connectivity index (χ0n) is 10.4. The molecule has 0 bridgehead atoms. The molecular weight excluding hydrogens is 254 g/mol. The Kier molecular flexibility index (Phi) is 4.04. The SMILES string of the molecule is CNc1cc(C(=O)NC2CC(OC)C2)c(Cl)cn1. The minimum absolute atomic E-state index is 0.168. The van der Waals surface area contributed by atoms with E-state index < -0.39 is 0 Å². The van der Waals surface area contributed by atoms with Gasteiger partial charge in [-0.05, 0) is 18.9 Å². The molecule has 0 atom stereocenters. The Bertz CT molecular complexity index is 447. The van der Waals surface area contributed by atoms with Gasteiger partial charge in [-0.3, -0.25) is 4.79 Å². The number of methoxy groups -OCH3 is 1. The van der Waals surface area contributed by atoms with Gasteiger partial charge in [-0.25, -0.2) is 4.98 Å². The molecule has 98 valence electrons. The Labute approximate surface area is 111 Å². The normalized spacial score (nSPS) is 22.2. The van der Waals surface area contributed by atoms with Gasteiger partial charge in [0.1, 0.15) is 5.82 Å². The van der Waals surface area contributed by atoms with Crippen molar-refractivity contribution in [2.24, 2.45) is 0 Å². The summed E-state index contributed by atoms with van der Waals surface area (Å²) >= 11 is 5.97. The van der Waals surface area contributed by atoms with Gasteiger partial charge in [-0.15, -0.1) is 0 Å². The molecule has 0 aliphatic heterocycles. The van der Waals surface area contributed by atoms with Crippen LogP contribution in [0.3, 0.4) is 0 Å². The molecule has 1 saturated carbocycles. The van der Waals surface area contributed by atoms with Crippen molar-refractivity contribution in [3.05, 3.63) is 22.8 Å². The number of rotatable bonds is 4. The van der Waals surface area contributed by atoms with Crippen molar-refractivity contribution >= 4 is 23.3 Å². The van der Waals surface area contributed by atoms with E-state index in [0.29, 0.717) is 16.4 Å². The van der Waals surface area contributed by atoms with E-state index >= 15 is 0 Å². The lowest BCUT2D eigenvalue weighted by Gasteiger charge is -2.34. The number of hydrogen-bond donors (Lipinski definition) is 2. The van der Waals surface area contributed by atoms with Crippen molar-refractivity contribution < 1.29 is 9.53 Å². The second-order valence-corrected chi connectivity index (χ2v) is 4.71. The predicted molar refractivity (Wildman–Crippen MR) is 70.1 cm³/mol. The fourth-order valence-corrected chi connectivity index (χ4v) is 2.08. The molecule has 1 aliphatic carbocycles. The Morgan fingerprint density at radius 1 is 1.56 bits per heavy atom. The van der Waals surface area contributed by atoms with Crippen molar-refractivity contribution in [1.29, 1.82) is 0 Å². The summed E-state index contributed by atoms with van der Waals surface area (Å²) in [4.78, 5) is 16.1. The van der Waals surface area contributed by atoms with Gasteiger partial charge in [0.2, 0.25) is 0 Å². The number of nitrogens with zero attached hydrogens (tertiary/aromatic N) is 1. The van der Waals surface area contributed by atoms with E-state index in [-0.39, 0.29) is 18.1 Å². The Morgan fingerprint density at radius 3 is 2.89 bits per heavy atom. The number of carbonyl (C=O) groups is 1. The molecule has 1 fully saturated rings. The summed E-state index contributed by atoms with van der Waals surface area (Å²) in [7, 11) is 3.43. The zero-order chi connectivity index (χ0) is 13.1. The van der Waals surface area contributed by atoms with Crippen molar-refractivity contribution in [2.45, 2.75) is 25.0 Å². The number of halogens is 1. The lowest BCUT2D eigenvalue weighted by atomic mass is 9.89. The van der Waals surface area contributed by atoms with E-state index in [9.17, 15) is 4.79 Å². The highest BCUT2D eigenvalue weighted by molar-refractivity contribution is 6.33. The van der Waals surface area contributed by atoms with Gasteiger partial charge in [0.15, 0.2) is 0 Å². The van der Waals surface area contributed by atoms with Crippen molar-refractivity contribution in [3.63, 3.8) is 0 Å². The molecule has 1 amide bonds. The van der Waals surface area contributed by atoms with Crippen LogP contribution in [-0.4, -0.2) is 37.2 Å². The Morgan fingerprint density at radius 2 is 2.28 bits per heavy atom. The minimum Gasteiger partial charge on any atom is -0.381 e. The molecule has 0 aromatic carbocycles. The molecule has 2 N–H and O–H groups in total. The average molecular weight is 270 g/mol. The van der Waals surface area contributed by atoms with Crippen LogP contribution in [0.4, 0.5) is 5.82 Å². The van der Waals surface area contributed by atoms with Gasteiger partial charge in [-0.2, -0.15) is 0 Å². The predicted octanol–water partition coefficient (Wildman–Crippen LogP) is 1.68. The largest absolute Gasteiger partial charge is 0.381 e. The highest BCUT2D eigenvalue weighted by atomic mass is 35.5. The molecule has 5 nitrogen and oxygen atoms in total. The number of aromatic nitrogens is 1. The van der Waals surface area contributed by atoms with Crippen molar-refractivity contribution in [3.8, 4) is 0 Å². The van der Waals surface area contributed by atoms with Crippen LogP contribution in [0, 0.1) is 0 Å². The molecular formula is C12H16ClN3O2. The molecule has 6 heteroatoms. The van der Waals surface area contributed by atoms with E-state index in [2.05, 4.69) is 15.6 Å². The van der Waals surface area contributed by atoms with Crippen LogP contribution in [0.2, 0.25) is 5.02 Å². The van der Waals surface area contributed by atoms with Crippen LogP contribution < -0.4 is 10.6 Å². The van der Waals surface area contributed by atoms with Gasteiger partial charge in [0, 0.05) is 26.4 Å². The van der Waals surface area contributed by atoms with E-state index in [1.165, 1.54) is 6.20 Å². The van der Waals surface area contributed by atoms with E-state index in [0.717, 1.165) is 12.8 Å². The number of carbonyl (C=O) groups excluding carboxylic acids is 1. The summed E-state index contributed by atoms with van der Waals surface area (Å²) in [5, 5.41) is 6.16. The maximum absolute atomic E-state index is 12.0. The molecule has 0 unspecified atom stereocenters. The zero-order valence-corrected chi connectivity index (χ0v) is 11.1. The summed E-state index contributed by atoms with van der Waals surface area (Å²) in [6, 6.07) is 1.81. The maximum Gasteiger partial charge on any atom is 0.253 e. The number of amides is 1. The third-order valence-electron chi connectivity index (χ3n) is 3.12. The molecule has 1 aromatic rings.